The van der Waals surface area contributed by atoms with Gasteiger partial charge in [0.25, 0.3) is 0 Å². The molecule has 0 radical (unpaired) electrons. The predicted molar refractivity (Wildman–Crippen MR) is 56.7 cm³/mol. The number of rotatable bonds is 1. The number of hydrogen-bond acceptors (Lipinski definition) is 1. The summed E-state index contributed by atoms with van der Waals surface area (Å²) in [6.45, 7) is 4.31. The van der Waals surface area contributed by atoms with Crippen LogP contribution in [0.2, 0.25) is 0 Å². The minimum atomic E-state index is 1.09. The Labute approximate surface area is 79.7 Å². The van der Waals surface area contributed by atoms with Crippen molar-refractivity contribution in [3.05, 3.63) is 41.5 Å². The van der Waals surface area contributed by atoms with Crippen LogP contribution in [0.5, 0.6) is 0 Å². The van der Waals surface area contributed by atoms with Crippen LogP contribution < -0.4 is 0 Å². The van der Waals surface area contributed by atoms with Crippen LogP contribution in [0.25, 0.3) is 5.57 Å². The maximum atomic E-state index is 2.32. The largest absolute Gasteiger partial charge is 0.298 e. The van der Waals surface area contributed by atoms with Gasteiger partial charge in [0.15, 0.2) is 0 Å². The number of benzene rings is 1. The molecular weight excluding hydrogens is 158 g/mol. The summed E-state index contributed by atoms with van der Waals surface area (Å²) < 4.78 is 0. The van der Waals surface area contributed by atoms with Crippen molar-refractivity contribution in [1.29, 1.82) is 0 Å². The molecule has 0 saturated carbocycles. The molecule has 0 fully saturated rings. The molecule has 1 aromatic carbocycles. The Hall–Kier alpha value is -1.08. The lowest BCUT2D eigenvalue weighted by molar-refractivity contribution is 0.438. The molecule has 0 aliphatic carbocycles. The van der Waals surface area contributed by atoms with Crippen LogP contribution >= 0.6 is 0 Å². The van der Waals surface area contributed by atoms with Crippen molar-refractivity contribution in [1.82, 2.24) is 4.90 Å². The number of hydrogen-bond donors (Lipinski definition) is 0. The highest BCUT2D eigenvalue weighted by molar-refractivity contribution is 5.69. The molecule has 1 heterocycles. The van der Waals surface area contributed by atoms with Crippen molar-refractivity contribution in [2.75, 3.05) is 20.1 Å². The summed E-state index contributed by atoms with van der Waals surface area (Å²) in [4.78, 5) is 2.32. The van der Waals surface area contributed by atoms with E-state index >= 15 is 0 Å². The predicted octanol–water partition coefficient (Wildman–Crippen LogP) is 2.32. The van der Waals surface area contributed by atoms with E-state index in [9.17, 15) is 0 Å². The van der Waals surface area contributed by atoms with Crippen LogP contribution in [0.1, 0.15) is 11.1 Å². The van der Waals surface area contributed by atoms with Gasteiger partial charge in [-0.3, -0.25) is 4.90 Å². The molecule has 1 nitrogen and oxygen atoms in total. The van der Waals surface area contributed by atoms with Crippen molar-refractivity contribution in [3.63, 3.8) is 0 Å². The summed E-state index contributed by atoms with van der Waals surface area (Å²) in [5.41, 5.74) is 4.18. The molecule has 1 heteroatoms. The molecule has 0 saturated heterocycles. The van der Waals surface area contributed by atoms with Gasteiger partial charge in [-0.2, -0.15) is 0 Å². The molecule has 0 unspecified atom stereocenters. The summed E-state index contributed by atoms with van der Waals surface area (Å²) in [5.74, 6) is 0. The zero-order chi connectivity index (χ0) is 9.26. The van der Waals surface area contributed by atoms with Gasteiger partial charge in [0, 0.05) is 13.1 Å². The molecule has 0 amide bonds. The van der Waals surface area contributed by atoms with Gasteiger partial charge in [-0.25, -0.2) is 0 Å². The monoisotopic (exact) mass is 173 g/mol. The van der Waals surface area contributed by atoms with Crippen LogP contribution in [0.15, 0.2) is 30.3 Å². The van der Waals surface area contributed by atoms with Gasteiger partial charge in [-0.05, 0) is 25.1 Å². The molecule has 2 rings (SSSR count). The second kappa shape index (κ2) is 3.35. The molecular formula is C12H15N. The smallest absolute Gasteiger partial charge is 0.0237 e. The maximum absolute atomic E-state index is 2.32. The van der Waals surface area contributed by atoms with Crippen LogP contribution in [0.3, 0.4) is 0 Å². The van der Waals surface area contributed by atoms with Gasteiger partial charge in [0.2, 0.25) is 0 Å². The highest BCUT2D eigenvalue weighted by Gasteiger charge is 2.10. The van der Waals surface area contributed by atoms with Crippen LogP contribution in [-0.4, -0.2) is 25.0 Å². The summed E-state index contributed by atoms with van der Waals surface area (Å²) in [6, 6.07) is 8.72. The Morgan fingerprint density at radius 3 is 2.77 bits per heavy atom. The minimum Gasteiger partial charge on any atom is -0.298 e. The lowest BCUT2D eigenvalue weighted by Crippen LogP contribution is -2.13. The van der Waals surface area contributed by atoms with E-state index in [0.717, 1.165) is 13.1 Å². The Balaban J connectivity index is 2.26. The Bertz CT molecular complexity index is 339. The third-order valence-corrected chi connectivity index (χ3v) is 2.48. The zero-order valence-electron chi connectivity index (χ0n) is 8.25. The van der Waals surface area contributed by atoms with Crippen molar-refractivity contribution in [2.45, 2.75) is 6.92 Å². The molecule has 1 aromatic rings. The highest BCUT2D eigenvalue weighted by Crippen LogP contribution is 2.20. The van der Waals surface area contributed by atoms with Crippen molar-refractivity contribution < 1.29 is 0 Å². The fraction of sp³-hybridized carbons (Fsp3) is 0.333. The van der Waals surface area contributed by atoms with Gasteiger partial charge in [-0.1, -0.05) is 35.9 Å². The first kappa shape index (κ1) is 8.52. The van der Waals surface area contributed by atoms with Gasteiger partial charge in [0.1, 0.15) is 0 Å². The number of nitrogens with zero attached hydrogens (tertiary/aromatic N) is 1. The molecule has 13 heavy (non-hydrogen) atoms. The summed E-state index contributed by atoms with van der Waals surface area (Å²) in [5, 5.41) is 0. The number of likely N-dealkylation sites (N-methyl/N-ethyl adjacent to an activating group) is 1. The van der Waals surface area contributed by atoms with Gasteiger partial charge < -0.3 is 0 Å². The molecule has 0 spiro atoms. The van der Waals surface area contributed by atoms with E-state index in [1.165, 1.54) is 16.7 Å². The topological polar surface area (TPSA) is 3.24 Å². The first-order valence-corrected chi connectivity index (χ1v) is 4.70. The van der Waals surface area contributed by atoms with Crippen LogP contribution in [0, 0.1) is 6.92 Å². The molecule has 68 valence electrons. The van der Waals surface area contributed by atoms with Crippen molar-refractivity contribution >= 4 is 5.57 Å². The highest BCUT2D eigenvalue weighted by atomic mass is 15.1. The molecule has 1 aliphatic rings. The van der Waals surface area contributed by atoms with Crippen LogP contribution in [-0.2, 0) is 0 Å². The Morgan fingerprint density at radius 2 is 2.15 bits per heavy atom. The quantitative estimate of drug-likeness (QED) is 0.630. The second-order valence-electron chi connectivity index (χ2n) is 3.80. The average Bonchev–Trinajstić information content (AvgIpc) is 2.52. The van der Waals surface area contributed by atoms with Gasteiger partial charge >= 0.3 is 0 Å². The van der Waals surface area contributed by atoms with Crippen LogP contribution in [0.4, 0.5) is 0 Å². The van der Waals surface area contributed by atoms with E-state index in [0.29, 0.717) is 0 Å². The Kier molecular flexibility index (Phi) is 2.19. The van der Waals surface area contributed by atoms with E-state index in [2.05, 4.69) is 49.2 Å². The lowest BCUT2D eigenvalue weighted by Gasteiger charge is -2.08. The van der Waals surface area contributed by atoms with Crippen molar-refractivity contribution in [2.24, 2.45) is 0 Å². The molecule has 0 bridgehead atoms. The Morgan fingerprint density at radius 1 is 1.31 bits per heavy atom. The minimum absolute atomic E-state index is 1.09. The van der Waals surface area contributed by atoms with Gasteiger partial charge in [0.05, 0.1) is 0 Å². The molecule has 0 atom stereocenters. The molecule has 0 aromatic heterocycles. The molecule has 1 aliphatic heterocycles. The van der Waals surface area contributed by atoms with Crippen molar-refractivity contribution in [3.8, 4) is 0 Å². The van der Waals surface area contributed by atoms with E-state index in [4.69, 9.17) is 0 Å². The van der Waals surface area contributed by atoms with E-state index < -0.39 is 0 Å². The van der Waals surface area contributed by atoms with E-state index in [1.807, 2.05) is 0 Å². The fourth-order valence-electron chi connectivity index (χ4n) is 1.74. The third kappa shape index (κ3) is 1.81. The lowest BCUT2D eigenvalue weighted by atomic mass is 10.0. The fourth-order valence-corrected chi connectivity index (χ4v) is 1.74. The summed E-state index contributed by atoms with van der Waals surface area (Å²) in [7, 11) is 2.15. The standard InChI is InChI=1S/C12H15N/c1-10-4-3-5-11(8-10)12-6-7-13(2)9-12/h3-6,8H,7,9H2,1-2H3. The SMILES string of the molecule is Cc1cccc(C2=CCN(C)C2)c1. The summed E-state index contributed by atoms with van der Waals surface area (Å²) in [6.07, 6.45) is 2.31. The normalized spacial score (nSPS) is 17.5. The third-order valence-electron chi connectivity index (χ3n) is 2.48. The second-order valence-corrected chi connectivity index (χ2v) is 3.80. The zero-order valence-corrected chi connectivity index (χ0v) is 8.25. The van der Waals surface area contributed by atoms with E-state index in [1.54, 1.807) is 0 Å². The molecule has 0 N–H and O–H groups in total. The van der Waals surface area contributed by atoms with Gasteiger partial charge in [-0.15, -0.1) is 0 Å². The number of aryl methyl sites for hydroxylation is 1. The maximum Gasteiger partial charge on any atom is 0.0237 e. The van der Waals surface area contributed by atoms with E-state index in [-0.39, 0.29) is 0 Å². The summed E-state index contributed by atoms with van der Waals surface area (Å²) >= 11 is 0. The first-order valence-electron chi connectivity index (χ1n) is 4.70. The average molecular weight is 173 g/mol. The first-order chi connectivity index (χ1) is 6.25.